The van der Waals surface area contributed by atoms with E-state index in [2.05, 4.69) is 22.5 Å². The number of anilines is 1. The molecular weight excluding hydrogens is 294 g/mol. The van der Waals surface area contributed by atoms with Crippen molar-refractivity contribution in [1.82, 2.24) is 10.2 Å². The van der Waals surface area contributed by atoms with Crippen LogP contribution < -0.4 is 10.6 Å². The number of hydrogen-bond acceptors (Lipinski definition) is 4. The number of morpholine rings is 1. The number of carbonyl (C=O) groups is 2. The second kappa shape index (κ2) is 9.27. The van der Waals surface area contributed by atoms with Crippen LogP contribution >= 0.6 is 0 Å². The summed E-state index contributed by atoms with van der Waals surface area (Å²) in [6.45, 7) is 6.69. The molecule has 1 aromatic rings. The lowest BCUT2D eigenvalue weighted by atomic mass is 10.1. The number of nitrogens with zero attached hydrogens (tertiary/aromatic N) is 1. The highest BCUT2D eigenvalue weighted by Crippen LogP contribution is 2.10. The summed E-state index contributed by atoms with van der Waals surface area (Å²) < 4.78 is 5.27. The van der Waals surface area contributed by atoms with Crippen molar-refractivity contribution in [3.8, 4) is 0 Å². The molecule has 2 N–H and O–H groups in total. The number of carbonyl (C=O) groups excluding carboxylic acids is 2. The van der Waals surface area contributed by atoms with Crippen LogP contribution in [0, 0.1) is 0 Å². The number of hydrogen-bond donors (Lipinski definition) is 2. The normalized spacial score (nSPS) is 15.2. The Balaban J connectivity index is 1.64. The zero-order chi connectivity index (χ0) is 16.5. The lowest BCUT2D eigenvalue weighted by Crippen LogP contribution is -2.41. The lowest BCUT2D eigenvalue weighted by Gasteiger charge is -2.26. The molecule has 6 nitrogen and oxygen atoms in total. The molecule has 0 aliphatic carbocycles. The maximum atomic E-state index is 11.8. The molecule has 2 amide bonds. The van der Waals surface area contributed by atoms with Crippen LogP contribution in [0.3, 0.4) is 0 Å². The fraction of sp³-hybridized carbons (Fsp3) is 0.529. The highest BCUT2D eigenvalue weighted by atomic mass is 16.5. The fourth-order valence-electron chi connectivity index (χ4n) is 2.42. The zero-order valence-electron chi connectivity index (χ0n) is 13.6. The molecule has 1 fully saturated rings. The summed E-state index contributed by atoms with van der Waals surface area (Å²) in [5, 5.41) is 5.52. The van der Waals surface area contributed by atoms with Gasteiger partial charge in [0.2, 0.25) is 11.8 Å². The largest absolute Gasteiger partial charge is 0.379 e. The Bertz CT molecular complexity index is 510. The summed E-state index contributed by atoms with van der Waals surface area (Å²) >= 11 is 0. The topological polar surface area (TPSA) is 70.7 Å². The Morgan fingerprint density at radius 2 is 1.83 bits per heavy atom. The van der Waals surface area contributed by atoms with E-state index >= 15 is 0 Å². The number of nitrogens with one attached hydrogen (secondary N) is 2. The van der Waals surface area contributed by atoms with Gasteiger partial charge in [-0.1, -0.05) is 19.1 Å². The average molecular weight is 319 g/mol. The molecule has 0 radical (unpaired) electrons. The van der Waals surface area contributed by atoms with Crippen molar-refractivity contribution in [2.24, 2.45) is 0 Å². The molecule has 0 unspecified atom stereocenters. The quantitative estimate of drug-likeness (QED) is 0.736. The van der Waals surface area contributed by atoms with Crippen LogP contribution in [0.1, 0.15) is 18.9 Å². The molecule has 0 aromatic heterocycles. The third kappa shape index (κ3) is 6.38. The minimum atomic E-state index is -0.293. The molecule has 1 saturated heterocycles. The van der Waals surface area contributed by atoms with E-state index in [4.69, 9.17) is 4.74 Å². The fourth-order valence-corrected chi connectivity index (χ4v) is 2.42. The van der Waals surface area contributed by atoms with E-state index in [9.17, 15) is 9.59 Å². The van der Waals surface area contributed by atoms with E-state index in [1.54, 1.807) is 0 Å². The molecule has 1 heterocycles. The monoisotopic (exact) mass is 319 g/mol. The summed E-state index contributed by atoms with van der Waals surface area (Å²) in [6, 6.07) is 7.65. The Morgan fingerprint density at radius 3 is 2.48 bits per heavy atom. The number of amides is 2. The first-order chi connectivity index (χ1) is 11.2. The first-order valence-corrected chi connectivity index (χ1v) is 8.13. The summed E-state index contributed by atoms with van der Waals surface area (Å²) in [5.41, 5.74) is 1.93. The second-order valence-electron chi connectivity index (χ2n) is 5.58. The average Bonchev–Trinajstić information content (AvgIpc) is 2.56. The van der Waals surface area contributed by atoms with Gasteiger partial charge in [0.1, 0.15) is 6.42 Å². The minimum Gasteiger partial charge on any atom is -0.379 e. The van der Waals surface area contributed by atoms with E-state index in [1.807, 2.05) is 24.3 Å². The van der Waals surface area contributed by atoms with E-state index in [0.717, 1.165) is 39.3 Å². The first kappa shape index (κ1) is 17.4. The molecular formula is C17H25N3O3. The maximum absolute atomic E-state index is 11.8. The van der Waals surface area contributed by atoms with Crippen molar-refractivity contribution in [3.63, 3.8) is 0 Å². The van der Waals surface area contributed by atoms with Gasteiger partial charge in [0, 0.05) is 31.9 Å². The molecule has 1 aliphatic heterocycles. The van der Waals surface area contributed by atoms with Crippen LogP contribution in [-0.2, 0) is 20.7 Å². The minimum absolute atomic E-state index is 0.154. The van der Waals surface area contributed by atoms with Crippen LogP contribution in [0.4, 0.5) is 5.69 Å². The van der Waals surface area contributed by atoms with Gasteiger partial charge in [-0.3, -0.25) is 14.5 Å². The molecule has 0 atom stereocenters. The molecule has 23 heavy (non-hydrogen) atoms. The summed E-state index contributed by atoms with van der Waals surface area (Å²) in [7, 11) is 0. The van der Waals surface area contributed by atoms with Gasteiger partial charge in [0.25, 0.3) is 0 Å². The number of rotatable bonds is 7. The standard InChI is InChI=1S/C17H25N3O3/c1-2-14-3-5-15(6-4-14)19-17(22)13-16(21)18-7-8-20-9-11-23-12-10-20/h3-6H,2,7-13H2,1H3,(H,18,21)(H,19,22). The Labute approximate surface area is 137 Å². The predicted molar refractivity (Wildman–Crippen MR) is 89.3 cm³/mol. The van der Waals surface area contributed by atoms with Crippen molar-refractivity contribution in [3.05, 3.63) is 29.8 Å². The Morgan fingerprint density at radius 1 is 1.13 bits per heavy atom. The third-order valence-corrected chi connectivity index (χ3v) is 3.82. The van der Waals surface area contributed by atoms with Crippen LogP contribution in [0.5, 0.6) is 0 Å². The Hall–Kier alpha value is -1.92. The summed E-state index contributed by atoms with van der Waals surface area (Å²) in [6.07, 6.45) is 0.804. The van der Waals surface area contributed by atoms with Crippen molar-refractivity contribution in [2.75, 3.05) is 44.7 Å². The van der Waals surface area contributed by atoms with Crippen LogP contribution in [0.25, 0.3) is 0 Å². The molecule has 0 spiro atoms. The molecule has 2 rings (SSSR count). The van der Waals surface area contributed by atoms with Gasteiger partial charge < -0.3 is 15.4 Å². The molecule has 126 valence electrons. The predicted octanol–water partition coefficient (Wildman–Crippen LogP) is 1.03. The summed E-state index contributed by atoms with van der Waals surface area (Å²) in [4.78, 5) is 25.8. The van der Waals surface area contributed by atoms with Gasteiger partial charge in [0.05, 0.1) is 13.2 Å². The van der Waals surface area contributed by atoms with E-state index in [1.165, 1.54) is 5.56 Å². The van der Waals surface area contributed by atoms with Crippen molar-refractivity contribution < 1.29 is 14.3 Å². The van der Waals surface area contributed by atoms with Gasteiger partial charge in [-0.2, -0.15) is 0 Å². The molecule has 1 aromatic carbocycles. The van der Waals surface area contributed by atoms with Crippen LogP contribution in [-0.4, -0.2) is 56.1 Å². The van der Waals surface area contributed by atoms with E-state index in [-0.39, 0.29) is 18.2 Å². The van der Waals surface area contributed by atoms with Crippen LogP contribution in [0.2, 0.25) is 0 Å². The number of benzene rings is 1. The van der Waals surface area contributed by atoms with E-state index < -0.39 is 0 Å². The number of aryl methyl sites for hydroxylation is 1. The second-order valence-corrected chi connectivity index (χ2v) is 5.58. The molecule has 0 bridgehead atoms. The van der Waals surface area contributed by atoms with Crippen molar-refractivity contribution in [1.29, 1.82) is 0 Å². The zero-order valence-corrected chi connectivity index (χ0v) is 13.6. The summed E-state index contributed by atoms with van der Waals surface area (Å²) in [5.74, 6) is -0.543. The van der Waals surface area contributed by atoms with Gasteiger partial charge >= 0.3 is 0 Å². The first-order valence-electron chi connectivity index (χ1n) is 8.13. The maximum Gasteiger partial charge on any atom is 0.233 e. The van der Waals surface area contributed by atoms with Crippen molar-refractivity contribution >= 4 is 17.5 Å². The Kier molecular flexibility index (Phi) is 7.03. The smallest absolute Gasteiger partial charge is 0.233 e. The SMILES string of the molecule is CCc1ccc(NC(=O)CC(=O)NCCN2CCOCC2)cc1. The highest BCUT2D eigenvalue weighted by Gasteiger charge is 2.12. The van der Waals surface area contributed by atoms with Gasteiger partial charge in [-0.15, -0.1) is 0 Å². The van der Waals surface area contributed by atoms with E-state index in [0.29, 0.717) is 12.2 Å². The van der Waals surface area contributed by atoms with Gasteiger partial charge in [-0.25, -0.2) is 0 Å². The third-order valence-electron chi connectivity index (χ3n) is 3.82. The van der Waals surface area contributed by atoms with Gasteiger partial charge in [-0.05, 0) is 24.1 Å². The molecule has 0 saturated carbocycles. The highest BCUT2D eigenvalue weighted by molar-refractivity contribution is 6.03. The lowest BCUT2D eigenvalue weighted by molar-refractivity contribution is -0.126. The van der Waals surface area contributed by atoms with Crippen molar-refractivity contribution in [2.45, 2.75) is 19.8 Å². The van der Waals surface area contributed by atoms with Gasteiger partial charge in [0.15, 0.2) is 0 Å². The molecule has 6 heteroatoms. The number of ether oxygens (including phenoxy) is 1. The molecule has 1 aliphatic rings. The van der Waals surface area contributed by atoms with Crippen LogP contribution in [0.15, 0.2) is 24.3 Å².